The number of rotatable bonds is 5. The molecule has 0 aliphatic heterocycles. The van der Waals surface area contributed by atoms with E-state index in [1.807, 2.05) is 0 Å². The molecule has 0 unspecified atom stereocenters. The van der Waals surface area contributed by atoms with Crippen LogP contribution in [0.2, 0.25) is 0 Å². The average molecular weight is 225 g/mol. The predicted octanol–water partition coefficient (Wildman–Crippen LogP) is -1.07. The van der Waals surface area contributed by atoms with Gasteiger partial charge in [0.25, 0.3) is 0 Å². The summed E-state index contributed by atoms with van der Waals surface area (Å²) < 4.78 is 1.80. The van der Waals surface area contributed by atoms with Crippen molar-refractivity contribution in [1.29, 1.82) is 5.41 Å². The van der Waals surface area contributed by atoms with Crippen molar-refractivity contribution in [2.75, 3.05) is 32.9 Å². The number of allylic oxidation sites excluding steroid dienone is 3. The summed E-state index contributed by atoms with van der Waals surface area (Å²) >= 11 is 0. The Labute approximate surface area is 94.2 Å². The van der Waals surface area contributed by atoms with E-state index in [0.29, 0.717) is 24.4 Å². The molecule has 4 N–H and O–H groups in total. The van der Waals surface area contributed by atoms with Gasteiger partial charge in [0.1, 0.15) is 13.2 Å². The van der Waals surface area contributed by atoms with Crippen LogP contribution >= 0.6 is 0 Å². The van der Waals surface area contributed by atoms with Gasteiger partial charge >= 0.3 is 0 Å². The molecule has 0 heterocycles. The largest absolute Gasteiger partial charge is 0.392 e. The second-order valence-electron chi connectivity index (χ2n) is 3.43. The van der Waals surface area contributed by atoms with Crippen molar-refractivity contribution < 1.29 is 19.9 Å². The second-order valence-corrected chi connectivity index (χ2v) is 3.43. The minimum absolute atomic E-state index is 0.00289. The number of aliphatic hydroxyl groups is 3. The molecule has 0 radical (unpaired) electrons. The van der Waals surface area contributed by atoms with Crippen molar-refractivity contribution >= 4 is 11.4 Å². The van der Waals surface area contributed by atoms with E-state index in [2.05, 4.69) is 0 Å². The topological polar surface area (TPSA) is 87.6 Å². The van der Waals surface area contributed by atoms with Crippen LogP contribution in [-0.4, -0.2) is 64.2 Å². The van der Waals surface area contributed by atoms with Crippen LogP contribution in [-0.2, 0) is 0 Å². The zero-order valence-electron chi connectivity index (χ0n) is 9.06. The highest BCUT2D eigenvalue weighted by Crippen LogP contribution is 2.05. The van der Waals surface area contributed by atoms with Gasteiger partial charge in [0, 0.05) is 17.7 Å². The molecule has 1 aliphatic rings. The summed E-state index contributed by atoms with van der Waals surface area (Å²) in [7, 11) is 0. The second kappa shape index (κ2) is 6.32. The van der Waals surface area contributed by atoms with Crippen LogP contribution < -0.4 is 0 Å². The van der Waals surface area contributed by atoms with E-state index in [0.717, 1.165) is 5.71 Å². The van der Waals surface area contributed by atoms with Gasteiger partial charge in [-0.05, 0) is 6.08 Å². The first-order valence-corrected chi connectivity index (χ1v) is 5.15. The fourth-order valence-corrected chi connectivity index (χ4v) is 1.52. The summed E-state index contributed by atoms with van der Waals surface area (Å²) in [5, 5.41) is 34.4. The first kappa shape index (κ1) is 12.8. The highest BCUT2D eigenvalue weighted by atomic mass is 16.3. The van der Waals surface area contributed by atoms with Crippen LogP contribution in [0.25, 0.3) is 0 Å². The van der Waals surface area contributed by atoms with Gasteiger partial charge < -0.3 is 20.7 Å². The highest BCUT2D eigenvalue weighted by Gasteiger charge is 2.15. The molecule has 0 fully saturated rings. The SMILES string of the molecule is N=C1C=CC(=[N+](CCO)CCO)C=C1CO. The summed E-state index contributed by atoms with van der Waals surface area (Å²) in [5.41, 5.74) is 1.63. The quantitative estimate of drug-likeness (QED) is 0.355. The third-order valence-electron chi connectivity index (χ3n) is 2.36. The lowest BCUT2D eigenvalue weighted by molar-refractivity contribution is -0.530. The van der Waals surface area contributed by atoms with Crippen molar-refractivity contribution in [3.8, 4) is 0 Å². The maximum atomic E-state index is 9.05. The Morgan fingerprint density at radius 1 is 1.06 bits per heavy atom. The zero-order chi connectivity index (χ0) is 12.0. The standard InChI is InChI=1S/C11H17N2O3/c12-11-2-1-10(7-9(11)8-16)13(3-5-14)4-6-15/h1-2,7,12,14-16H,3-6,8H2/q+1. The van der Waals surface area contributed by atoms with E-state index < -0.39 is 0 Å². The lowest BCUT2D eigenvalue weighted by Gasteiger charge is -2.09. The summed E-state index contributed by atoms with van der Waals surface area (Å²) in [5.74, 6) is 0. The Kier molecular flexibility index (Phi) is 5.04. The third kappa shape index (κ3) is 3.10. The van der Waals surface area contributed by atoms with Gasteiger partial charge in [-0.25, -0.2) is 4.58 Å². The summed E-state index contributed by atoms with van der Waals surface area (Å²) in [6, 6.07) is 0. The average Bonchev–Trinajstić information content (AvgIpc) is 2.29. The maximum Gasteiger partial charge on any atom is 0.200 e. The first-order chi connectivity index (χ1) is 7.72. The van der Waals surface area contributed by atoms with Gasteiger partial charge in [0.15, 0.2) is 13.1 Å². The first-order valence-electron chi connectivity index (χ1n) is 5.15. The fourth-order valence-electron chi connectivity index (χ4n) is 1.52. The molecule has 5 heteroatoms. The molecule has 0 aromatic heterocycles. The van der Waals surface area contributed by atoms with Gasteiger partial charge in [-0.15, -0.1) is 0 Å². The fraction of sp³-hybridized carbons (Fsp3) is 0.455. The van der Waals surface area contributed by atoms with E-state index in [4.69, 9.17) is 20.7 Å². The molecule has 1 rings (SSSR count). The van der Waals surface area contributed by atoms with Crippen molar-refractivity contribution in [3.63, 3.8) is 0 Å². The van der Waals surface area contributed by atoms with Crippen molar-refractivity contribution in [3.05, 3.63) is 23.8 Å². The third-order valence-corrected chi connectivity index (χ3v) is 2.36. The number of nitrogens with one attached hydrogen (secondary N) is 1. The Bertz CT molecular complexity index is 348. The van der Waals surface area contributed by atoms with Crippen LogP contribution in [0.4, 0.5) is 0 Å². The van der Waals surface area contributed by atoms with Crippen LogP contribution in [0.15, 0.2) is 23.8 Å². The molecule has 0 atom stereocenters. The van der Waals surface area contributed by atoms with E-state index in [9.17, 15) is 0 Å². The molecule has 0 amide bonds. The van der Waals surface area contributed by atoms with Crippen LogP contribution in [0.3, 0.4) is 0 Å². The number of hydrogen-bond donors (Lipinski definition) is 4. The summed E-state index contributed by atoms with van der Waals surface area (Å²) in [6.45, 7) is 0.651. The van der Waals surface area contributed by atoms with Crippen molar-refractivity contribution in [2.24, 2.45) is 0 Å². The molecule has 0 bridgehead atoms. The van der Waals surface area contributed by atoms with Crippen molar-refractivity contribution in [1.82, 2.24) is 0 Å². The van der Waals surface area contributed by atoms with Gasteiger partial charge in [0.2, 0.25) is 5.71 Å². The maximum absolute atomic E-state index is 9.05. The molecule has 88 valence electrons. The van der Waals surface area contributed by atoms with E-state index >= 15 is 0 Å². The lowest BCUT2D eigenvalue weighted by atomic mass is 10.0. The molecule has 0 saturated carbocycles. The zero-order valence-corrected chi connectivity index (χ0v) is 9.06. The Morgan fingerprint density at radius 2 is 1.69 bits per heavy atom. The normalized spacial score (nSPS) is 15.3. The van der Waals surface area contributed by atoms with Crippen LogP contribution in [0.5, 0.6) is 0 Å². The molecule has 5 nitrogen and oxygen atoms in total. The minimum atomic E-state index is -0.182. The Balaban J connectivity index is 2.99. The predicted molar refractivity (Wildman–Crippen MR) is 61.2 cm³/mol. The van der Waals surface area contributed by atoms with Gasteiger partial charge in [-0.3, -0.25) is 0 Å². The number of nitrogens with zero attached hydrogens (tertiary/aromatic N) is 1. The molecule has 16 heavy (non-hydrogen) atoms. The molecule has 0 aromatic rings. The molecule has 0 spiro atoms. The molecular formula is C11H17N2O3+. The van der Waals surface area contributed by atoms with Gasteiger partial charge in [-0.1, -0.05) is 0 Å². The van der Waals surface area contributed by atoms with E-state index in [1.165, 1.54) is 0 Å². The number of aliphatic hydroxyl groups excluding tert-OH is 3. The highest BCUT2D eigenvalue weighted by molar-refractivity contribution is 6.18. The lowest BCUT2D eigenvalue weighted by Crippen LogP contribution is -2.27. The van der Waals surface area contributed by atoms with Crippen molar-refractivity contribution in [2.45, 2.75) is 0 Å². The van der Waals surface area contributed by atoms with Gasteiger partial charge in [0.05, 0.1) is 12.3 Å². The van der Waals surface area contributed by atoms with Crippen LogP contribution in [0.1, 0.15) is 0 Å². The molecular weight excluding hydrogens is 208 g/mol. The summed E-state index contributed by atoms with van der Waals surface area (Å²) in [6.07, 6.45) is 5.04. The number of hydrogen-bond acceptors (Lipinski definition) is 4. The Hall–Kier alpha value is -1.30. The smallest absolute Gasteiger partial charge is 0.200 e. The Morgan fingerprint density at radius 3 is 2.19 bits per heavy atom. The van der Waals surface area contributed by atoms with Crippen LogP contribution in [0, 0.1) is 5.41 Å². The van der Waals surface area contributed by atoms with Gasteiger partial charge in [-0.2, -0.15) is 0 Å². The molecule has 0 aromatic carbocycles. The minimum Gasteiger partial charge on any atom is -0.392 e. The van der Waals surface area contributed by atoms with E-state index in [1.54, 1.807) is 22.8 Å². The molecule has 1 aliphatic carbocycles. The van der Waals surface area contributed by atoms with E-state index in [-0.39, 0.29) is 19.8 Å². The monoisotopic (exact) mass is 225 g/mol. The summed E-state index contributed by atoms with van der Waals surface area (Å²) in [4.78, 5) is 0. The molecule has 0 saturated heterocycles.